The molecule has 0 heterocycles. The lowest BCUT2D eigenvalue weighted by Crippen LogP contribution is -2.17. The van der Waals surface area contributed by atoms with Gasteiger partial charge in [-0.3, -0.25) is 23.2 Å². The largest absolute Gasteiger partial charge is 0.481 e. The Labute approximate surface area is 177 Å². The van der Waals surface area contributed by atoms with Crippen LogP contribution in [0.4, 0.5) is 0 Å². The highest BCUT2D eigenvalue weighted by molar-refractivity contribution is 7.53. The molecule has 0 atom stereocenters. The van der Waals surface area contributed by atoms with Crippen molar-refractivity contribution in [1.29, 1.82) is 0 Å². The first-order valence-electron chi connectivity index (χ1n) is 10.2. The Kier molecular flexibility index (Phi) is 9.34. The van der Waals surface area contributed by atoms with Crippen LogP contribution in [-0.2, 0) is 45.5 Å². The van der Waals surface area contributed by atoms with Crippen LogP contribution in [0.15, 0.2) is 18.2 Å². The molecule has 0 bridgehead atoms. The van der Waals surface area contributed by atoms with Crippen molar-refractivity contribution in [2.24, 2.45) is 11.8 Å². The fourth-order valence-electron chi connectivity index (χ4n) is 2.80. The van der Waals surface area contributed by atoms with Crippen molar-refractivity contribution in [3.05, 3.63) is 29.3 Å². The van der Waals surface area contributed by atoms with Crippen LogP contribution in [0.5, 0.6) is 5.75 Å². The zero-order valence-corrected chi connectivity index (χ0v) is 18.9. The summed E-state index contributed by atoms with van der Waals surface area (Å²) in [7, 11) is -3.87. The van der Waals surface area contributed by atoms with E-state index in [9.17, 15) is 14.2 Å². The molecule has 0 saturated carbocycles. The van der Waals surface area contributed by atoms with Crippen molar-refractivity contribution >= 4 is 19.5 Å². The van der Waals surface area contributed by atoms with Gasteiger partial charge in [0.05, 0.1) is 11.8 Å². The van der Waals surface area contributed by atoms with E-state index in [-0.39, 0.29) is 11.8 Å². The monoisotopic (exact) mass is 442 g/mol. The topological polar surface area (TPSA) is 97.4 Å². The van der Waals surface area contributed by atoms with Crippen LogP contribution in [-0.4, -0.2) is 31.9 Å². The van der Waals surface area contributed by atoms with Crippen LogP contribution in [0.3, 0.4) is 0 Å². The molecule has 1 aliphatic rings. The van der Waals surface area contributed by atoms with Crippen molar-refractivity contribution in [3.8, 4) is 5.75 Å². The molecule has 1 aromatic carbocycles. The van der Waals surface area contributed by atoms with Gasteiger partial charge in [0.1, 0.15) is 5.75 Å². The summed E-state index contributed by atoms with van der Waals surface area (Å²) in [5.74, 6) is -1.07. The van der Waals surface area contributed by atoms with Crippen LogP contribution in [0, 0.1) is 11.8 Å². The fourth-order valence-corrected chi connectivity index (χ4v) is 3.75. The van der Waals surface area contributed by atoms with Crippen LogP contribution >= 0.6 is 7.60 Å². The molecule has 0 spiro atoms. The zero-order valence-electron chi connectivity index (χ0n) is 18.0. The predicted molar refractivity (Wildman–Crippen MR) is 110 cm³/mol. The first kappa shape index (κ1) is 24.4. The fraction of sp³-hybridized carbons (Fsp3) is 0.619. The zero-order chi connectivity index (χ0) is 22.1. The third-order valence-corrected chi connectivity index (χ3v) is 6.02. The van der Waals surface area contributed by atoms with Crippen molar-refractivity contribution in [2.45, 2.75) is 53.4 Å². The number of fused-ring (bicyclic) bond motifs is 1. The number of esters is 2. The summed E-state index contributed by atoms with van der Waals surface area (Å²) in [5.41, 5.74) is 2.31. The van der Waals surface area contributed by atoms with E-state index in [1.54, 1.807) is 27.7 Å². The number of benzene rings is 1. The SMILES string of the molecule is CC(C)C(=O)OCOP(=O)(COc1cccc2c1CCCC2)OCOC(=O)C(C)C. The minimum atomic E-state index is -3.87. The second-order valence-corrected chi connectivity index (χ2v) is 9.71. The molecule has 0 radical (unpaired) electrons. The molecule has 0 aliphatic heterocycles. The maximum Gasteiger partial charge on any atom is 0.373 e. The highest BCUT2D eigenvalue weighted by atomic mass is 31.2. The maximum atomic E-state index is 13.1. The Bertz CT molecular complexity index is 744. The number of carbonyl (C=O) groups is 2. The summed E-state index contributed by atoms with van der Waals surface area (Å²) in [4.78, 5) is 23.2. The van der Waals surface area contributed by atoms with Gasteiger partial charge in [0.2, 0.25) is 13.6 Å². The van der Waals surface area contributed by atoms with Gasteiger partial charge in [-0.1, -0.05) is 39.8 Å². The Morgan fingerprint density at radius 1 is 0.933 bits per heavy atom. The lowest BCUT2D eigenvalue weighted by atomic mass is 9.91. The number of aryl methyl sites for hydroxylation is 1. The molecule has 0 amide bonds. The number of carbonyl (C=O) groups excluding carboxylic acids is 2. The van der Waals surface area contributed by atoms with Crippen molar-refractivity contribution < 1.29 is 37.4 Å². The van der Waals surface area contributed by atoms with Crippen molar-refractivity contribution in [2.75, 3.05) is 19.9 Å². The molecule has 0 aromatic heterocycles. The molecule has 1 aliphatic carbocycles. The molecular weight excluding hydrogens is 411 g/mol. The van der Waals surface area contributed by atoms with Gasteiger partial charge in [-0.25, -0.2) is 0 Å². The van der Waals surface area contributed by atoms with Gasteiger partial charge in [-0.15, -0.1) is 0 Å². The van der Waals surface area contributed by atoms with E-state index in [0.29, 0.717) is 5.75 Å². The minimum absolute atomic E-state index is 0.354. The van der Waals surface area contributed by atoms with Crippen LogP contribution in [0.1, 0.15) is 51.7 Å². The number of hydrogen-bond donors (Lipinski definition) is 0. The summed E-state index contributed by atoms with van der Waals surface area (Å²) in [5, 5.41) is 0. The Morgan fingerprint density at radius 2 is 1.50 bits per heavy atom. The summed E-state index contributed by atoms with van der Waals surface area (Å²) in [6.07, 6.45) is 3.66. The molecule has 168 valence electrons. The van der Waals surface area contributed by atoms with Gasteiger partial charge in [-0.2, -0.15) is 0 Å². The lowest BCUT2D eigenvalue weighted by molar-refractivity contribution is -0.156. The van der Waals surface area contributed by atoms with E-state index in [0.717, 1.165) is 31.2 Å². The normalized spacial score (nSPS) is 13.8. The second-order valence-electron chi connectivity index (χ2n) is 7.72. The van der Waals surface area contributed by atoms with Gasteiger partial charge in [0.25, 0.3) is 0 Å². The highest BCUT2D eigenvalue weighted by Gasteiger charge is 2.29. The Balaban J connectivity index is 2.02. The first-order chi connectivity index (χ1) is 14.2. The maximum absolute atomic E-state index is 13.1. The van der Waals surface area contributed by atoms with Crippen LogP contribution < -0.4 is 4.74 Å². The number of rotatable bonds is 11. The second kappa shape index (κ2) is 11.5. The van der Waals surface area contributed by atoms with Crippen LogP contribution in [0.25, 0.3) is 0 Å². The molecule has 1 aromatic rings. The Morgan fingerprint density at radius 3 is 2.07 bits per heavy atom. The molecule has 8 nitrogen and oxygen atoms in total. The summed E-state index contributed by atoms with van der Waals surface area (Å²) in [6.45, 7) is 5.58. The van der Waals surface area contributed by atoms with Gasteiger partial charge in [0, 0.05) is 0 Å². The molecule has 2 rings (SSSR count). The average molecular weight is 442 g/mol. The van der Waals surface area contributed by atoms with Crippen molar-refractivity contribution in [1.82, 2.24) is 0 Å². The standard InChI is InChI=1S/C21H31O8P/c1-15(2)20(22)25-12-28-30(24,29-13-26-21(23)16(3)4)14-27-19-11-7-9-17-8-5-6-10-18(17)19/h7,9,11,15-16H,5-6,8,10,12-14H2,1-4H3. The van der Waals surface area contributed by atoms with Crippen LogP contribution in [0.2, 0.25) is 0 Å². The molecule has 0 N–H and O–H groups in total. The van der Waals surface area contributed by atoms with Gasteiger partial charge in [-0.05, 0) is 42.9 Å². The van der Waals surface area contributed by atoms with Gasteiger partial charge in [0.15, 0.2) is 6.35 Å². The molecular formula is C21H31O8P. The van der Waals surface area contributed by atoms with Gasteiger partial charge >= 0.3 is 19.5 Å². The quantitative estimate of drug-likeness (QED) is 0.282. The molecule has 30 heavy (non-hydrogen) atoms. The molecule has 0 fully saturated rings. The average Bonchev–Trinajstić information content (AvgIpc) is 2.72. The molecule has 0 saturated heterocycles. The summed E-state index contributed by atoms with van der Waals surface area (Å²) >= 11 is 0. The van der Waals surface area contributed by atoms with E-state index in [1.165, 1.54) is 5.56 Å². The number of hydrogen-bond acceptors (Lipinski definition) is 8. The molecule has 9 heteroatoms. The van der Waals surface area contributed by atoms with Gasteiger partial charge < -0.3 is 14.2 Å². The summed E-state index contributed by atoms with van der Waals surface area (Å²) < 4.78 is 39.2. The third kappa shape index (κ3) is 7.42. The smallest absolute Gasteiger partial charge is 0.373 e. The highest BCUT2D eigenvalue weighted by Crippen LogP contribution is 2.48. The first-order valence-corrected chi connectivity index (χ1v) is 11.9. The predicted octanol–water partition coefficient (Wildman–Crippen LogP) is 4.44. The van der Waals surface area contributed by atoms with E-state index >= 15 is 0 Å². The van der Waals surface area contributed by atoms with E-state index in [4.69, 9.17) is 23.3 Å². The number of ether oxygens (including phenoxy) is 3. The van der Waals surface area contributed by atoms with E-state index in [1.807, 2.05) is 12.1 Å². The lowest BCUT2D eigenvalue weighted by Gasteiger charge is -2.22. The van der Waals surface area contributed by atoms with Crippen molar-refractivity contribution in [3.63, 3.8) is 0 Å². The Hall–Kier alpha value is -1.89. The third-order valence-electron chi connectivity index (χ3n) is 4.58. The minimum Gasteiger partial charge on any atom is -0.481 e. The van der Waals surface area contributed by atoms with E-state index < -0.39 is 39.5 Å². The molecule has 0 unspecified atom stereocenters. The van der Waals surface area contributed by atoms with E-state index in [2.05, 4.69) is 6.07 Å². The summed E-state index contributed by atoms with van der Waals surface area (Å²) in [6, 6.07) is 5.76.